The van der Waals surface area contributed by atoms with Crippen molar-refractivity contribution in [3.05, 3.63) is 24.0 Å². The molecule has 20 heavy (non-hydrogen) atoms. The van der Waals surface area contributed by atoms with Gasteiger partial charge in [0.25, 0.3) is 0 Å². The highest BCUT2D eigenvalue weighted by Crippen LogP contribution is 2.33. The SMILES string of the molecule is CC1(C)CCCN(S(=O)(=O)c2c(N)cccc2F)CC1. The minimum absolute atomic E-state index is 0.0338. The van der Waals surface area contributed by atoms with Gasteiger partial charge in [-0.2, -0.15) is 4.31 Å². The summed E-state index contributed by atoms with van der Waals surface area (Å²) in [7, 11) is -3.86. The maximum atomic E-state index is 13.9. The van der Waals surface area contributed by atoms with E-state index in [1.165, 1.54) is 16.4 Å². The van der Waals surface area contributed by atoms with E-state index < -0.39 is 15.8 Å². The summed E-state index contributed by atoms with van der Waals surface area (Å²) in [5.41, 5.74) is 5.74. The molecule has 0 spiro atoms. The van der Waals surface area contributed by atoms with E-state index in [9.17, 15) is 12.8 Å². The lowest BCUT2D eigenvalue weighted by atomic mass is 9.85. The molecular weight excluding hydrogens is 279 g/mol. The first kappa shape index (κ1) is 15.3. The number of nitrogens with zero attached hydrogens (tertiary/aromatic N) is 1. The van der Waals surface area contributed by atoms with Crippen molar-refractivity contribution in [1.29, 1.82) is 0 Å². The molecule has 112 valence electrons. The molecule has 2 N–H and O–H groups in total. The van der Waals surface area contributed by atoms with Crippen LogP contribution < -0.4 is 5.73 Å². The predicted molar refractivity (Wildman–Crippen MR) is 77.2 cm³/mol. The second kappa shape index (κ2) is 5.33. The number of rotatable bonds is 2. The van der Waals surface area contributed by atoms with Crippen molar-refractivity contribution in [3.8, 4) is 0 Å². The lowest BCUT2D eigenvalue weighted by molar-refractivity contribution is 0.314. The van der Waals surface area contributed by atoms with Crippen LogP contribution in [0, 0.1) is 11.2 Å². The summed E-state index contributed by atoms with van der Waals surface area (Å²) in [6.45, 7) is 5.07. The van der Waals surface area contributed by atoms with Crippen molar-refractivity contribution in [2.75, 3.05) is 18.8 Å². The Kier molecular flexibility index (Phi) is 4.07. The number of halogens is 1. The number of hydrogen-bond donors (Lipinski definition) is 1. The Hall–Kier alpha value is -1.14. The van der Waals surface area contributed by atoms with E-state index in [1.807, 2.05) is 0 Å². The Balaban J connectivity index is 2.36. The second-order valence-corrected chi connectivity index (χ2v) is 7.95. The van der Waals surface area contributed by atoms with Crippen LogP contribution in [-0.4, -0.2) is 25.8 Å². The molecule has 1 fully saturated rings. The molecule has 0 unspecified atom stereocenters. The molecule has 0 saturated carbocycles. The highest BCUT2D eigenvalue weighted by molar-refractivity contribution is 7.89. The number of nitrogens with two attached hydrogens (primary N) is 1. The van der Waals surface area contributed by atoms with Gasteiger partial charge in [-0.25, -0.2) is 12.8 Å². The van der Waals surface area contributed by atoms with Crippen molar-refractivity contribution in [2.24, 2.45) is 5.41 Å². The number of anilines is 1. The fraction of sp³-hybridized carbons (Fsp3) is 0.571. The third kappa shape index (κ3) is 2.96. The van der Waals surface area contributed by atoms with E-state index in [0.29, 0.717) is 13.1 Å². The average molecular weight is 300 g/mol. The minimum Gasteiger partial charge on any atom is -0.398 e. The summed E-state index contributed by atoms with van der Waals surface area (Å²) in [6.07, 6.45) is 2.51. The van der Waals surface area contributed by atoms with Crippen LogP contribution in [0.2, 0.25) is 0 Å². The first-order chi connectivity index (χ1) is 9.24. The molecule has 1 aliphatic rings. The summed E-state index contributed by atoms with van der Waals surface area (Å²) in [6, 6.07) is 3.96. The van der Waals surface area contributed by atoms with Crippen LogP contribution in [0.1, 0.15) is 33.1 Å². The van der Waals surface area contributed by atoms with Gasteiger partial charge in [0.1, 0.15) is 10.7 Å². The fourth-order valence-electron chi connectivity index (χ4n) is 2.57. The number of hydrogen-bond acceptors (Lipinski definition) is 3. The number of sulfonamides is 1. The molecule has 1 heterocycles. The Morgan fingerprint density at radius 3 is 2.60 bits per heavy atom. The van der Waals surface area contributed by atoms with Gasteiger partial charge in [0.2, 0.25) is 10.0 Å². The van der Waals surface area contributed by atoms with Gasteiger partial charge in [0.15, 0.2) is 0 Å². The largest absolute Gasteiger partial charge is 0.398 e. The van der Waals surface area contributed by atoms with E-state index in [4.69, 9.17) is 5.73 Å². The summed E-state index contributed by atoms with van der Waals surface area (Å²) < 4.78 is 40.4. The highest BCUT2D eigenvalue weighted by Gasteiger charge is 2.33. The van der Waals surface area contributed by atoms with Gasteiger partial charge >= 0.3 is 0 Å². The molecule has 0 bridgehead atoms. The molecule has 1 aliphatic heterocycles. The molecule has 6 heteroatoms. The quantitative estimate of drug-likeness (QED) is 0.854. The van der Waals surface area contributed by atoms with Crippen LogP contribution in [0.25, 0.3) is 0 Å². The van der Waals surface area contributed by atoms with E-state index in [-0.39, 0.29) is 16.0 Å². The minimum atomic E-state index is -3.86. The van der Waals surface area contributed by atoms with Gasteiger partial charge in [-0.3, -0.25) is 0 Å². The van der Waals surface area contributed by atoms with Gasteiger partial charge in [0.05, 0.1) is 5.69 Å². The van der Waals surface area contributed by atoms with E-state index in [2.05, 4.69) is 13.8 Å². The van der Waals surface area contributed by atoms with Crippen molar-refractivity contribution in [3.63, 3.8) is 0 Å². The maximum absolute atomic E-state index is 13.9. The molecule has 0 radical (unpaired) electrons. The fourth-order valence-corrected chi connectivity index (χ4v) is 4.20. The van der Waals surface area contributed by atoms with Crippen molar-refractivity contribution < 1.29 is 12.8 Å². The standard InChI is InChI=1S/C14H21FN2O2S/c1-14(2)7-4-9-17(10-8-14)20(18,19)13-11(15)5-3-6-12(13)16/h3,5-6H,4,7-10,16H2,1-2H3. The zero-order valence-electron chi connectivity index (χ0n) is 11.9. The van der Waals surface area contributed by atoms with Crippen LogP contribution >= 0.6 is 0 Å². The summed E-state index contributed by atoms with van der Waals surface area (Å²) >= 11 is 0. The van der Waals surface area contributed by atoms with Crippen molar-refractivity contribution in [1.82, 2.24) is 4.31 Å². The van der Waals surface area contributed by atoms with E-state index >= 15 is 0 Å². The molecule has 1 aromatic rings. The monoisotopic (exact) mass is 300 g/mol. The lowest BCUT2D eigenvalue weighted by Gasteiger charge is -2.23. The normalized spacial score (nSPS) is 20.6. The molecule has 0 amide bonds. The van der Waals surface area contributed by atoms with E-state index in [1.54, 1.807) is 0 Å². The number of benzene rings is 1. The van der Waals surface area contributed by atoms with Crippen LogP contribution in [0.5, 0.6) is 0 Å². The molecule has 2 rings (SSSR count). The van der Waals surface area contributed by atoms with Gasteiger partial charge in [-0.05, 0) is 36.8 Å². The average Bonchev–Trinajstić information content (AvgIpc) is 2.50. The second-order valence-electron chi connectivity index (χ2n) is 6.08. The van der Waals surface area contributed by atoms with Crippen LogP contribution in [0.3, 0.4) is 0 Å². The Morgan fingerprint density at radius 2 is 1.95 bits per heavy atom. The third-order valence-corrected chi connectivity index (χ3v) is 5.89. The zero-order valence-corrected chi connectivity index (χ0v) is 12.7. The predicted octanol–water partition coefficient (Wildman–Crippen LogP) is 2.61. The first-order valence-corrected chi connectivity index (χ1v) is 8.22. The molecule has 1 aromatic carbocycles. The zero-order chi connectivity index (χ0) is 15.0. The maximum Gasteiger partial charge on any atom is 0.248 e. The van der Waals surface area contributed by atoms with E-state index in [0.717, 1.165) is 25.3 Å². The smallest absolute Gasteiger partial charge is 0.248 e. The lowest BCUT2D eigenvalue weighted by Crippen LogP contribution is -2.33. The summed E-state index contributed by atoms with van der Waals surface area (Å²) in [5.74, 6) is -0.784. The van der Waals surface area contributed by atoms with Crippen molar-refractivity contribution in [2.45, 2.75) is 38.0 Å². The Morgan fingerprint density at radius 1 is 1.25 bits per heavy atom. The van der Waals surface area contributed by atoms with Gasteiger partial charge in [0, 0.05) is 13.1 Å². The Labute approximate surface area is 119 Å². The molecule has 4 nitrogen and oxygen atoms in total. The van der Waals surface area contributed by atoms with Crippen LogP contribution in [0.15, 0.2) is 23.1 Å². The van der Waals surface area contributed by atoms with Gasteiger partial charge < -0.3 is 5.73 Å². The molecule has 0 aliphatic carbocycles. The first-order valence-electron chi connectivity index (χ1n) is 6.78. The Bertz CT molecular complexity index is 579. The highest BCUT2D eigenvalue weighted by atomic mass is 32.2. The van der Waals surface area contributed by atoms with Crippen molar-refractivity contribution >= 4 is 15.7 Å². The topological polar surface area (TPSA) is 63.4 Å². The molecule has 0 atom stereocenters. The van der Waals surface area contributed by atoms with Crippen LogP contribution in [0.4, 0.5) is 10.1 Å². The van der Waals surface area contributed by atoms with Crippen LogP contribution in [-0.2, 0) is 10.0 Å². The summed E-state index contributed by atoms with van der Waals surface area (Å²) in [4.78, 5) is -0.389. The third-order valence-electron chi connectivity index (χ3n) is 3.89. The molecule has 0 aromatic heterocycles. The molecular formula is C14H21FN2O2S. The molecule has 1 saturated heterocycles. The van der Waals surface area contributed by atoms with Gasteiger partial charge in [-0.1, -0.05) is 19.9 Å². The number of nitrogen functional groups attached to an aromatic ring is 1. The summed E-state index contributed by atoms with van der Waals surface area (Å²) in [5, 5.41) is 0. The van der Waals surface area contributed by atoms with Gasteiger partial charge in [-0.15, -0.1) is 0 Å².